The Labute approximate surface area is 133 Å². The summed E-state index contributed by atoms with van der Waals surface area (Å²) < 4.78 is 5.18. The molecule has 5 heteroatoms. The smallest absolute Gasteiger partial charge is 0.137 e. The maximum atomic E-state index is 6.17. The van der Waals surface area contributed by atoms with Gasteiger partial charge >= 0.3 is 0 Å². The number of nitrogens with zero attached hydrogens (tertiary/aromatic N) is 1. The van der Waals surface area contributed by atoms with Crippen molar-refractivity contribution in [3.8, 4) is 5.75 Å². The average Bonchev–Trinajstić information content (AvgIpc) is 2.68. The van der Waals surface area contributed by atoms with Gasteiger partial charge < -0.3 is 10.1 Å². The van der Waals surface area contributed by atoms with Crippen LogP contribution in [0, 0.1) is 0 Å². The monoisotopic (exact) mass is 318 g/mol. The predicted molar refractivity (Wildman–Crippen MR) is 87.2 cm³/mol. The Morgan fingerprint density at radius 2 is 2.15 bits per heavy atom. The highest BCUT2D eigenvalue weighted by Gasteiger charge is 2.17. The molecule has 1 aliphatic heterocycles. The summed E-state index contributed by atoms with van der Waals surface area (Å²) in [5, 5.41) is 4.15. The van der Waals surface area contributed by atoms with E-state index in [0.717, 1.165) is 25.4 Å². The number of rotatable bonds is 4. The lowest BCUT2D eigenvalue weighted by Crippen LogP contribution is -2.32. The van der Waals surface area contributed by atoms with Crippen molar-refractivity contribution in [3.63, 3.8) is 0 Å². The highest BCUT2D eigenvalue weighted by molar-refractivity contribution is 6.32. The van der Waals surface area contributed by atoms with Crippen molar-refractivity contribution in [2.75, 3.05) is 27.2 Å². The molecule has 20 heavy (non-hydrogen) atoms. The number of hydrogen-bond acceptors (Lipinski definition) is 3. The van der Waals surface area contributed by atoms with Crippen LogP contribution in [0.5, 0.6) is 5.75 Å². The molecule has 1 aromatic carbocycles. The SMILES string of the molecule is COc1ccc(CN(C)C2CCCNCC2)cc1Cl.Cl. The molecule has 1 saturated heterocycles. The third kappa shape index (κ3) is 4.81. The lowest BCUT2D eigenvalue weighted by atomic mass is 10.1. The summed E-state index contributed by atoms with van der Waals surface area (Å²) in [7, 11) is 3.85. The van der Waals surface area contributed by atoms with Gasteiger partial charge in [-0.15, -0.1) is 12.4 Å². The van der Waals surface area contributed by atoms with E-state index in [1.54, 1.807) is 7.11 Å². The van der Waals surface area contributed by atoms with Crippen molar-refractivity contribution in [2.24, 2.45) is 0 Å². The molecule has 0 bridgehead atoms. The van der Waals surface area contributed by atoms with Gasteiger partial charge in [-0.2, -0.15) is 0 Å². The van der Waals surface area contributed by atoms with Crippen LogP contribution < -0.4 is 10.1 Å². The molecule has 1 fully saturated rings. The average molecular weight is 319 g/mol. The Balaban J connectivity index is 0.00000200. The molecule has 3 nitrogen and oxygen atoms in total. The third-order valence-corrected chi connectivity index (χ3v) is 4.11. The lowest BCUT2D eigenvalue weighted by Gasteiger charge is -2.27. The summed E-state index contributed by atoms with van der Waals surface area (Å²) in [6.07, 6.45) is 3.76. The number of nitrogens with one attached hydrogen (secondary N) is 1. The zero-order valence-electron chi connectivity index (χ0n) is 12.2. The largest absolute Gasteiger partial charge is 0.495 e. The Morgan fingerprint density at radius 1 is 1.35 bits per heavy atom. The fraction of sp³-hybridized carbons (Fsp3) is 0.600. The minimum atomic E-state index is 0. The number of halogens is 2. The highest BCUT2D eigenvalue weighted by Crippen LogP contribution is 2.26. The van der Waals surface area contributed by atoms with Crippen LogP contribution in [0.15, 0.2) is 18.2 Å². The van der Waals surface area contributed by atoms with E-state index in [-0.39, 0.29) is 12.4 Å². The summed E-state index contributed by atoms with van der Waals surface area (Å²) in [6, 6.07) is 6.71. The van der Waals surface area contributed by atoms with Crippen LogP contribution in [0.3, 0.4) is 0 Å². The Kier molecular flexibility index (Phi) is 7.67. The molecule has 0 radical (unpaired) electrons. The molecular formula is C15H24Cl2N2O. The van der Waals surface area contributed by atoms with Crippen LogP contribution in [0.2, 0.25) is 5.02 Å². The number of benzene rings is 1. The van der Waals surface area contributed by atoms with Gasteiger partial charge in [0.2, 0.25) is 0 Å². The van der Waals surface area contributed by atoms with Gasteiger partial charge in [-0.05, 0) is 57.1 Å². The van der Waals surface area contributed by atoms with Crippen LogP contribution in [-0.2, 0) is 6.54 Å². The second-order valence-corrected chi connectivity index (χ2v) is 5.63. The first kappa shape index (κ1) is 17.6. The Bertz CT molecular complexity index is 407. The maximum Gasteiger partial charge on any atom is 0.137 e. The second kappa shape index (κ2) is 8.73. The van der Waals surface area contributed by atoms with Crippen LogP contribution in [-0.4, -0.2) is 38.2 Å². The van der Waals surface area contributed by atoms with E-state index in [1.165, 1.54) is 24.8 Å². The molecule has 1 N–H and O–H groups in total. The van der Waals surface area contributed by atoms with Gasteiger partial charge in [-0.25, -0.2) is 0 Å². The number of ether oxygens (including phenoxy) is 1. The lowest BCUT2D eigenvalue weighted by molar-refractivity contribution is 0.216. The summed E-state index contributed by atoms with van der Waals surface area (Å²) in [5.74, 6) is 0.742. The first-order valence-corrected chi connectivity index (χ1v) is 7.32. The molecular weight excluding hydrogens is 295 g/mol. The van der Waals surface area contributed by atoms with E-state index in [0.29, 0.717) is 11.1 Å². The third-order valence-electron chi connectivity index (χ3n) is 3.82. The van der Waals surface area contributed by atoms with Crippen molar-refractivity contribution in [3.05, 3.63) is 28.8 Å². The molecule has 0 aromatic heterocycles. The van der Waals surface area contributed by atoms with Gasteiger partial charge in [-0.3, -0.25) is 4.90 Å². The molecule has 114 valence electrons. The first-order chi connectivity index (χ1) is 9.20. The first-order valence-electron chi connectivity index (χ1n) is 6.94. The van der Waals surface area contributed by atoms with E-state index in [9.17, 15) is 0 Å². The quantitative estimate of drug-likeness (QED) is 0.921. The second-order valence-electron chi connectivity index (χ2n) is 5.22. The summed E-state index contributed by atoms with van der Waals surface area (Å²) in [5.41, 5.74) is 1.24. The van der Waals surface area contributed by atoms with Gasteiger partial charge in [-0.1, -0.05) is 17.7 Å². The van der Waals surface area contributed by atoms with Gasteiger partial charge in [0.1, 0.15) is 5.75 Å². The fourth-order valence-electron chi connectivity index (χ4n) is 2.67. The van der Waals surface area contributed by atoms with Gasteiger partial charge in [0, 0.05) is 12.6 Å². The normalized spacial score (nSPS) is 19.3. The minimum absolute atomic E-state index is 0. The van der Waals surface area contributed by atoms with E-state index in [2.05, 4.69) is 23.3 Å². The van der Waals surface area contributed by atoms with E-state index in [1.807, 2.05) is 12.1 Å². The van der Waals surface area contributed by atoms with Crippen LogP contribution in [0.25, 0.3) is 0 Å². The molecule has 0 amide bonds. The number of hydrogen-bond donors (Lipinski definition) is 1. The molecule has 1 unspecified atom stereocenters. The molecule has 0 aliphatic carbocycles. The molecule has 1 aromatic rings. The molecule has 0 spiro atoms. The molecule has 0 saturated carbocycles. The maximum absolute atomic E-state index is 6.17. The van der Waals surface area contributed by atoms with Crippen LogP contribution >= 0.6 is 24.0 Å². The Morgan fingerprint density at radius 3 is 2.85 bits per heavy atom. The zero-order chi connectivity index (χ0) is 13.7. The predicted octanol–water partition coefficient (Wildman–Crippen LogP) is 3.34. The highest BCUT2D eigenvalue weighted by atomic mass is 35.5. The summed E-state index contributed by atoms with van der Waals surface area (Å²) in [6.45, 7) is 3.21. The van der Waals surface area contributed by atoms with Crippen molar-refractivity contribution in [2.45, 2.75) is 31.8 Å². The fourth-order valence-corrected chi connectivity index (χ4v) is 2.95. The molecule has 1 atom stereocenters. The van der Waals surface area contributed by atoms with Crippen molar-refractivity contribution in [1.82, 2.24) is 10.2 Å². The van der Waals surface area contributed by atoms with Crippen molar-refractivity contribution < 1.29 is 4.74 Å². The van der Waals surface area contributed by atoms with Crippen LogP contribution in [0.4, 0.5) is 0 Å². The van der Waals surface area contributed by atoms with Gasteiger partial charge in [0.15, 0.2) is 0 Å². The summed E-state index contributed by atoms with van der Waals surface area (Å²) >= 11 is 6.17. The molecule has 2 rings (SSSR count). The Hall–Kier alpha value is -0.480. The number of methoxy groups -OCH3 is 1. The van der Waals surface area contributed by atoms with Crippen molar-refractivity contribution in [1.29, 1.82) is 0 Å². The van der Waals surface area contributed by atoms with E-state index < -0.39 is 0 Å². The minimum Gasteiger partial charge on any atom is -0.495 e. The standard InChI is InChI=1S/C15H23ClN2O.ClH/c1-18(13-4-3-8-17-9-7-13)11-12-5-6-15(19-2)14(16)10-12;/h5-6,10,13,17H,3-4,7-9,11H2,1-2H3;1H. The van der Waals surface area contributed by atoms with E-state index >= 15 is 0 Å². The van der Waals surface area contributed by atoms with Crippen molar-refractivity contribution >= 4 is 24.0 Å². The molecule has 1 aliphatic rings. The zero-order valence-corrected chi connectivity index (χ0v) is 13.8. The molecule has 1 heterocycles. The van der Waals surface area contributed by atoms with E-state index in [4.69, 9.17) is 16.3 Å². The topological polar surface area (TPSA) is 24.5 Å². The summed E-state index contributed by atoms with van der Waals surface area (Å²) in [4.78, 5) is 2.44. The van der Waals surface area contributed by atoms with Gasteiger partial charge in [0.25, 0.3) is 0 Å². The van der Waals surface area contributed by atoms with Crippen LogP contribution in [0.1, 0.15) is 24.8 Å². The van der Waals surface area contributed by atoms with Gasteiger partial charge in [0.05, 0.1) is 12.1 Å².